The van der Waals surface area contributed by atoms with Crippen molar-refractivity contribution in [3.05, 3.63) is 41.9 Å². The van der Waals surface area contributed by atoms with Crippen LogP contribution in [0.25, 0.3) is 0 Å². The smallest absolute Gasteiger partial charge is 0.310 e. The van der Waals surface area contributed by atoms with Crippen molar-refractivity contribution in [3.8, 4) is 0 Å². The first-order valence-electron chi connectivity index (χ1n) is 12.6. The van der Waals surface area contributed by atoms with E-state index in [9.17, 15) is 19.5 Å². The van der Waals surface area contributed by atoms with Crippen LogP contribution >= 0.6 is 11.6 Å². The molecule has 1 spiro atoms. The van der Waals surface area contributed by atoms with Crippen molar-refractivity contribution in [1.82, 2.24) is 4.90 Å². The average Bonchev–Trinajstić information content (AvgIpc) is 3.34. The van der Waals surface area contributed by atoms with Crippen molar-refractivity contribution >= 4 is 35.1 Å². The zero-order valence-corrected chi connectivity index (χ0v) is 21.6. The zero-order chi connectivity index (χ0) is 26.3. The van der Waals surface area contributed by atoms with Crippen LogP contribution in [0.15, 0.2) is 36.9 Å². The molecule has 2 N–H and O–H groups in total. The summed E-state index contributed by atoms with van der Waals surface area (Å²) in [7, 11) is 0. The number of unbranched alkanes of at least 4 members (excludes halogenated alkanes) is 3. The molecule has 2 amide bonds. The van der Waals surface area contributed by atoms with E-state index in [1.54, 1.807) is 42.2 Å². The molecule has 3 saturated heterocycles. The molecular formula is C27H35ClN2O6. The number of aliphatic hydroxyl groups is 1. The lowest BCUT2D eigenvalue weighted by molar-refractivity contribution is -0.156. The fourth-order valence-electron chi connectivity index (χ4n) is 6.64. The van der Waals surface area contributed by atoms with Crippen molar-refractivity contribution in [2.24, 2.45) is 17.8 Å². The highest BCUT2D eigenvalue weighted by molar-refractivity contribution is 6.34. The molecule has 1 aromatic rings. The number of carbonyl (C=O) groups is 3. The minimum absolute atomic E-state index is 0.105. The van der Waals surface area contributed by atoms with Gasteiger partial charge in [-0.25, -0.2) is 0 Å². The van der Waals surface area contributed by atoms with Gasteiger partial charge in [0.15, 0.2) is 0 Å². The molecule has 3 fully saturated rings. The molecule has 2 bridgehead atoms. The van der Waals surface area contributed by atoms with Gasteiger partial charge in [0.05, 0.1) is 22.2 Å². The van der Waals surface area contributed by atoms with Crippen LogP contribution in [0.4, 0.5) is 5.69 Å². The largest absolute Gasteiger partial charge is 0.481 e. The Bertz CT molecular complexity index is 1050. The number of fused-ring (bicyclic) bond motifs is 1. The summed E-state index contributed by atoms with van der Waals surface area (Å²) in [4.78, 5) is 43.7. The number of carboxylic acids is 1. The summed E-state index contributed by atoms with van der Waals surface area (Å²) < 4.78 is 6.55. The molecule has 36 heavy (non-hydrogen) atoms. The number of ether oxygens (including phenoxy) is 1. The van der Waals surface area contributed by atoms with Gasteiger partial charge in [0.1, 0.15) is 17.6 Å². The number of carbonyl (C=O) groups excluding carboxylic acids is 2. The first-order chi connectivity index (χ1) is 17.1. The highest BCUT2D eigenvalue weighted by Gasteiger charge is 2.80. The first kappa shape index (κ1) is 26.6. The van der Waals surface area contributed by atoms with E-state index in [0.29, 0.717) is 36.5 Å². The number of benzene rings is 1. The number of halogens is 1. The fraction of sp³-hybridized carbons (Fsp3) is 0.593. The molecule has 6 atom stereocenters. The van der Waals surface area contributed by atoms with E-state index in [2.05, 4.69) is 6.58 Å². The van der Waals surface area contributed by atoms with Gasteiger partial charge < -0.3 is 24.7 Å². The van der Waals surface area contributed by atoms with Gasteiger partial charge in [0.25, 0.3) is 5.91 Å². The average molecular weight is 519 g/mol. The summed E-state index contributed by atoms with van der Waals surface area (Å²) in [6, 6.07) is 6.02. The van der Waals surface area contributed by atoms with Gasteiger partial charge in [-0.3, -0.25) is 14.4 Å². The second-order valence-corrected chi connectivity index (χ2v) is 10.8. The van der Waals surface area contributed by atoms with Crippen LogP contribution in [0.2, 0.25) is 5.02 Å². The van der Waals surface area contributed by atoms with Crippen molar-refractivity contribution in [2.75, 3.05) is 24.6 Å². The Morgan fingerprint density at radius 1 is 1.28 bits per heavy atom. The van der Waals surface area contributed by atoms with Gasteiger partial charge in [-0.2, -0.15) is 0 Å². The van der Waals surface area contributed by atoms with Crippen LogP contribution in [0.5, 0.6) is 0 Å². The monoisotopic (exact) mass is 518 g/mol. The van der Waals surface area contributed by atoms with Gasteiger partial charge in [0.2, 0.25) is 5.91 Å². The lowest BCUT2D eigenvalue weighted by atomic mass is 9.62. The summed E-state index contributed by atoms with van der Waals surface area (Å²) in [5.41, 5.74) is -1.76. The number of amides is 2. The summed E-state index contributed by atoms with van der Waals surface area (Å²) in [5.74, 6) is -3.87. The number of anilines is 1. The lowest BCUT2D eigenvalue weighted by Crippen LogP contribution is -2.57. The molecule has 196 valence electrons. The van der Waals surface area contributed by atoms with Crippen LogP contribution < -0.4 is 4.90 Å². The molecule has 1 aromatic carbocycles. The molecule has 8 nitrogen and oxygen atoms in total. The molecule has 0 aliphatic carbocycles. The van der Waals surface area contributed by atoms with Gasteiger partial charge in [0, 0.05) is 19.7 Å². The number of aliphatic carboxylic acids is 1. The third-order valence-electron chi connectivity index (χ3n) is 8.34. The van der Waals surface area contributed by atoms with Crippen molar-refractivity contribution in [1.29, 1.82) is 0 Å². The predicted octanol–water partition coefficient (Wildman–Crippen LogP) is 3.51. The third kappa shape index (κ3) is 4.03. The Morgan fingerprint density at radius 2 is 1.97 bits per heavy atom. The molecule has 3 heterocycles. The topological polar surface area (TPSA) is 107 Å². The molecule has 4 rings (SSSR count). The minimum Gasteiger partial charge on any atom is -0.481 e. The number of aliphatic hydroxyl groups excluding tert-OH is 1. The highest BCUT2D eigenvalue weighted by atomic mass is 35.5. The SMILES string of the molecule is C=CCN(C(=O)C1N(CCCCCCO)C(=O)[C@@H]2[C@H](C(=O)O)[C@@]3(C)OC12CC3C)c1ccccc1Cl. The number of rotatable bonds is 11. The van der Waals surface area contributed by atoms with Gasteiger partial charge in [-0.15, -0.1) is 6.58 Å². The molecule has 0 saturated carbocycles. The number of para-hydroxylation sites is 1. The highest BCUT2D eigenvalue weighted by Crippen LogP contribution is 2.65. The Morgan fingerprint density at radius 3 is 2.61 bits per heavy atom. The number of carboxylic acid groups (broad SMARTS) is 1. The van der Waals surface area contributed by atoms with Crippen LogP contribution in [0.1, 0.15) is 46.0 Å². The molecule has 0 radical (unpaired) electrons. The van der Waals surface area contributed by atoms with E-state index in [-0.39, 0.29) is 30.9 Å². The lowest BCUT2D eigenvalue weighted by Gasteiger charge is -2.37. The summed E-state index contributed by atoms with van der Waals surface area (Å²) >= 11 is 6.46. The minimum atomic E-state index is -1.23. The molecular weight excluding hydrogens is 484 g/mol. The van der Waals surface area contributed by atoms with Crippen molar-refractivity contribution in [2.45, 2.75) is 63.2 Å². The maximum absolute atomic E-state index is 14.4. The van der Waals surface area contributed by atoms with E-state index in [4.69, 9.17) is 21.4 Å². The molecule has 3 aliphatic heterocycles. The van der Waals surface area contributed by atoms with Gasteiger partial charge in [-0.05, 0) is 44.2 Å². The summed E-state index contributed by atoms with van der Waals surface area (Å²) in [6.45, 7) is 8.08. The maximum atomic E-state index is 14.4. The Labute approximate surface area is 216 Å². The normalized spacial score (nSPS) is 32.6. The Balaban J connectivity index is 1.77. The molecule has 9 heteroatoms. The van der Waals surface area contributed by atoms with Gasteiger partial charge >= 0.3 is 5.97 Å². The fourth-order valence-corrected chi connectivity index (χ4v) is 6.87. The summed E-state index contributed by atoms with van der Waals surface area (Å²) in [5, 5.41) is 19.6. The van der Waals surface area contributed by atoms with Crippen LogP contribution in [-0.2, 0) is 19.1 Å². The Kier molecular flexibility index (Phi) is 7.51. The number of likely N-dealkylation sites (tertiary alicyclic amines) is 1. The predicted molar refractivity (Wildman–Crippen MR) is 136 cm³/mol. The molecule has 0 aromatic heterocycles. The van der Waals surface area contributed by atoms with Crippen molar-refractivity contribution in [3.63, 3.8) is 0 Å². The van der Waals surface area contributed by atoms with Crippen LogP contribution in [0.3, 0.4) is 0 Å². The van der Waals surface area contributed by atoms with Crippen LogP contribution in [-0.4, -0.2) is 69.8 Å². The van der Waals surface area contributed by atoms with Crippen LogP contribution in [0, 0.1) is 17.8 Å². The van der Waals surface area contributed by atoms with Crippen molar-refractivity contribution < 1.29 is 29.3 Å². The summed E-state index contributed by atoms with van der Waals surface area (Å²) in [6.07, 6.45) is 4.91. The number of hydrogen-bond donors (Lipinski definition) is 2. The standard InChI is InChI=1S/C27H35ClN2O6/c1-4-13-29(19-12-8-7-11-18(19)28)24(33)22-27-16-17(2)26(3,36-27)21(25(34)35)20(27)23(32)30(22)14-9-5-6-10-15-31/h4,7-8,11-12,17,20-22,31H,1,5-6,9-10,13-16H2,2-3H3,(H,34,35)/t17?,20-,21+,22?,26-,27?/m0/s1. The van der Waals surface area contributed by atoms with E-state index in [1.165, 1.54) is 4.90 Å². The molecule has 3 unspecified atom stereocenters. The van der Waals surface area contributed by atoms with Gasteiger partial charge in [-0.1, -0.05) is 49.6 Å². The maximum Gasteiger partial charge on any atom is 0.310 e. The number of nitrogens with zero attached hydrogens (tertiary/aromatic N) is 2. The second kappa shape index (κ2) is 10.1. The van der Waals surface area contributed by atoms with E-state index >= 15 is 0 Å². The van der Waals surface area contributed by atoms with E-state index in [1.807, 2.05) is 6.92 Å². The quantitative estimate of drug-likeness (QED) is 0.343. The molecule has 3 aliphatic rings. The first-order valence-corrected chi connectivity index (χ1v) is 13.0. The number of hydrogen-bond acceptors (Lipinski definition) is 5. The third-order valence-corrected chi connectivity index (χ3v) is 8.66. The Hall–Kier alpha value is -2.42. The second-order valence-electron chi connectivity index (χ2n) is 10.4. The zero-order valence-electron chi connectivity index (χ0n) is 20.9. The van der Waals surface area contributed by atoms with E-state index in [0.717, 1.165) is 12.8 Å². The van der Waals surface area contributed by atoms with E-state index < -0.39 is 35.0 Å².